The minimum atomic E-state index is -3.13. The quantitative estimate of drug-likeness (QED) is 0.924. The van der Waals surface area contributed by atoms with Crippen LogP contribution in [0.1, 0.15) is 26.7 Å². The van der Waals surface area contributed by atoms with Crippen LogP contribution in [0.15, 0.2) is 29.2 Å². The van der Waals surface area contributed by atoms with Crippen LogP contribution in [0.4, 0.5) is 5.69 Å². The Labute approximate surface area is 121 Å². The monoisotopic (exact) mass is 297 g/mol. The first kappa shape index (κ1) is 15.3. The summed E-state index contributed by atoms with van der Waals surface area (Å²) in [6, 6.07) is 7.10. The Kier molecular flexibility index (Phi) is 4.70. The van der Waals surface area contributed by atoms with Gasteiger partial charge in [0.05, 0.1) is 16.8 Å². The number of rotatable bonds is 4. The Hall–Kier alpha value is -1.07. The molecule has 0 bridgehead atoms. The van der Waals surface area contributed by atoms with Crippen molar-refractivity contribution < 1.29 is 13.5 Å². The predicted molar refractivity (Wildman–Crippen MR) is 80.8 cm³/mol. The first-order valence-corrected chi connectivity index (χ1v) is 8.85. The average molecular weight is 297 g/mol. The summed E-state index contributed by atoms with van der Waals surface area (Å²) in [6.07, 6.45) is 1.82. The number of hydrogen-bond donors (Lipinski definition) is 1. The van der Waals surface area contributed by atoms with Crippen molar-refractivity contribution in [3.63, 3.8) is 0 Å². The van der Waals surface area contributed by atoms with Crippen LogP contribution in [0.5, 0.6) is 0 Å². The first-order chi connectivity index (χ1) is 9.44. The Morgan fingerprint density at radius 3 is 2.55 bits per heavy atom. The molecule has 2 rings (SSSR count). The SMILES string of the molecule is CCS(=O)(=O)c1ccc(N2CCC[C@H]([C@H](C)O)C2)cc1. The molecule has 1 fully saturated rings. The third kappa shape index (κ3) is 3.33. The lowest BCUT2D eigenvalue weighted by Gasteiger charge is -2.35. The maximum absolute atomic E-state index is 11.8. The summed E-state index contributed by atoms with van der Waals surface area (Å²) in [6.45, 7) is 5.28. The highest BCUT2D eigenvalue weighted by Crippen LogP contribution is 2.26. The maximum atomic E-state index is 11.8. The standard InChI is InChI=1S/C15H23NO3S/c1-3-20(18,19)15-8-6-14(7-9-15)16-10-4-5-13(11-16)12(2)17/h6-9,12-13,17H,3-5,10-11H2,1-2H3/t12-,13-/m0/s1. The van der Waals surface area contributed by atoms with E-state index in [1.807, 2.05) is 19.1 Å². The zero-order valence-electron chi connectivity index (χ0n) is 12.1. The molecule has 1 aromatic rings. The van der Waals surface area contributed by atoms with Gasteiger partial charge in [-0.15, -0.1) is 0 Å². The van der Waals surface area contributed by atoms with Crippen molar-refractivity contribution >= 4 is 15.5 Å². The van der Waals surface area contributed by atoms with Crippen molar-refractivity contribution in [1.29, 1.82) is 0 Å². The molecule has 1 N–H and O–H groups in total. The molecule has 0 spiro atoms. The summed E-state index contributed by atoms with van der Waals surface area (Å²) < 4.78 is 23.6. The fourth-order valence-corrected chi connectivity index (χ4v) is 3.55. The van der Waals surface area contributed by atoms with Gasteiger partial charge in [-0.05, 0) is 44.0 Å². The number of hydrogen-bond acceptors (Lipinski definition) is 4. The van der Waals surface area contributed by atoms with Crippen LogP contribution < -0.4 is 4.90 Å². The number of aliphatic hydroxyl groups excluding tert-OH is 1. The Morgan fingerprint density at radius 2 is 2.00 bits per heavy atom. The third-order valence-corrected chi connectivity index (χ3v) is 5.83. The molecule has 0 aliphatic carbocycles. The summed E-state index contributed by atoms with van der Waals surface area (Å²) in [4.78, 5) is 2.61. The summed E-state index contributed by atoms with van der Waals surface area (Å²) in [5, 5.41) is 9.72. The zero-order valence-corrected chi connectivity index (χ0v) is 12.9. The molecule has 1 aliphatic heterocycles. The highest BCUT2D eigenvalue weighted by molar-refractivity contribution is 7.91. The number of piperidine rings is 1. The van der Waals surface area contributed by atoms with Gasteiger partial charge in [-0.3, -0.25) is 0 Å². The van der Waals surface area contributed by atoms with Gasteiger partial charge in [0.1, 0.15) is 0 Å². The molecule has 4 nitrogen and oxygen atoms in total. The van der Waals surface area contributed by atoms with Gasteiger partial charge in [0, 0.05) is 24.7 Å². The summed E-state index contributed by atoms with van der Waals surface area (Å²) in [5.74, 6) is 0.419. The van der Waals surface area contributed by atoms with E-state index in [0.29, 0.717) is 10.8 Å². The topological polar surface area (TPSA) is 57.6 Å². The van der Waals surface area contributed by atoms with E-state index in [1.165, 1.54) is 0 Å². The molecule has 0 amide bonds. The van der Waals surface area contributed by atoms with Crippen molar-refractivity contribution in [2.45, 2.75) is 37.7 Å². The minimum absolute atomic E-state index is 0.125. The Bertz CT molecular complexity index is 537. The van der Waals surface area contributed by atoms with E-state index >= 15 is 0 Å². The van der Waals surface area contributed by atoms with Gasteiger partial charge >= 0.3 is 0 Å². The lowest BCUT2D eigenvalue weighted by molar-refractivity contribution is 0.115. The summed E-state index contributed by atoms with van der Waals surface area (Å²) in [5.41, 5.74) is 1.03. The van der Waals surface area contributed by atoms with Gasteiger partial charge in [-0.25, -0.2) is 8.42 Å². The molecule has 20 heavy (non-hydrogen) atoms. The van der Waals surface area contributed by atoms with E-state index in [-0.39, 0.29) is 11.9 Å². The fourth-order valence-electron chi connectivity index (χ4n) is 2.67. The highest BCUT2D eigenvalue weighted by Gasteiger charge is 2.23. The van der Waals surface area contributed by atoms with E-state index in [0.717, 1.165) is 31.6 Å². The third-order valence-electron chi connectivity index (χ3n) is 4.08. The zero-order chi connectivity index (χ0) is 14.8. The maximum Gasteiger partial charge on any atom is 0.178 e. The lowest BCUT2D eigenvalue weighted by atomic mass is 9.93. The predicted octanol–water partition coefficient (Wildman–Crippen LogP) is 2.08. The molecule has 1 saturated heterocycles. The molecular weight excluding hydrogens is 274 g/mol. The average Bonchev–Trinajstić information content (AvgIpc) is 2.47. The van der Waals surface area contributed by atoms with Crippen molar-refractivity contribution in [1.82, 2.24) is 0 Å². The largest absolute Gasteiger partial charge is 0.393 e. The highest BCUT2D eigenvalue weighted by atomic mass is 32.2. The van der Waals surface area contributed by atoms with E-state index in [9.17, 15) is 13.5 Å². The van der Waals surface area contributed by atoms with Crippen LogP contribution in [-0.2, 0) is 9.84 Å². The van der Waals surface area contributed by atoms with Gasteiger partial charge < -0.3 is 10.0 Å². The van der Waals surface area contributed by atoms with Crippen LogP contribution in [0, 0.1) is 5.92 Å². The fraction of sp³-hybridized carbons (Fsp3) is 0.600. The normalized spacial score (nSPS) is 21.8. The molecule has 1 heterocycles. The molecule has 112 valence electrons. The first-order valence-electron chi connectivity index (χ1n) is 7.20. The van der Waals surface area contributed by atoms with Crippen molar-refractivity contribution in [2.75, 3.05) is 23.7 Å². The van der Waals surface area contributed by atoms with Gasteiger partial charge in [-0.2, -0.15) is 0 Å². The van der Waals surface area contributed by atoms with Gasteiger partial charge in [-0.1, -0.05) is 6.92 Å². The minimum Gasteiger partial charge on any atom is -0.393 e. The molecule has 0 aromatic heterocycles. The number of sulfone groups is 1. The van der Waals surface area contributed by atoms with Gasteiger partial charge in [0.25, 0.3) is 0 Å². The van der Waals surface area contributed by atoms with Crippen LogP contribution >= 0.6 is 0 Å². The van der Waals surface area contributed by atoms with Crippen LogP contribution in [-0.4, -0.2) is 38.5 Å². The number of aliphatic hydroxyl groups is 1. The second-order valence-corrected chi connectivity index (χ2v) is 7.76. The summed E-state index contributed by atoms with van der Waals surface area (Å²) >= 11 is 0. The van der Waals surface area contributed by atoms with E-state index in [4.69, 9.17) is 0 Å². The molecule has 1 aliphatic rings. The van der Waals surface area contributed by atoms with Crippen molar-refractivity contribution in [3.05, 3.63) is 24.3 Å². The van der Waals surface area contributed by atoms with E-state index < -0.39 is 9.84 Å². The van der Waals surface area contributed by atoms with Crippen molar-refractivity contribution in [3.8, 4) is 0 Å². The van der Waals surface area contributed by atoms with Gasteiger partial charge in [0.15, 0.2) is 9.84 Å². The molecule has 1 aromatic carbocycles. The second kappa shape index (κ2) is 6.14. The van der Waals surface area contributed by atoms with Crippen LogP contribution in [0.3, 0.4) is 0 Å². The molecule has 0 saturated carbocycles. The number of benzene rings is 1. The van der Waals surface area contributed by atoms with Crippen LogP contribution in [0.2, 0.25) is 0 Å². The van der Waals surface area contributed by atoms with Crippen LogP contribution in [0.25, 0.3) is 0 Å². The Balaban J connectivity index is 2.14. The van der Waals surface area contributed by atoms with E-state index in [2.05, 4.69) is 4.90 Å². The number of nitrogens with zero attached hydrogens (tertiary/aromatic N) is 1. The Morgan fingerprint density at radius 1 is 1.35 bits per heavy atom. The lowest BCUT2D eigenvalue weighted by Crippen LogP contribution is -2.39. The smallest absolute Gasteiger partial charge is 0.178 e. The second-order valence-electron chi connectivity index (χ2n) is 5.49. The molecule has 0 unspecified atom stereocenters. The van der Waals surface area contributed by atoms with Gasteiger partial charge in [0.2, 0.25) is 0 Å². The van der Waals surface area contributed by atoms with E-state index in [1.54, 1.807) is 19.1 Å². The molecule has 5 heteroatoms. The van der Waals surface area contributed by atoms with Crippen molar-refractivity contribution in [2.24, 2.45) is 5.92 Å². The summed E-state index contributed by atoms with van der Waals surface area (Å²) in [7, 11) is -3.13. The molecule has 0 radical (unpaired) electrons. The molecular formula is C15H23NO3S. The number of anilines is 1. The molecule has 2 atom stereocenters.